The van der Waals surface area contributed by atoms with Gasteiger partial charge in [-0.25, -0.2) is 0 Å². The van der Waals surface area contributed by atoms with Crippen molar-refractivity contribution < 1.29 is 66.0 Å². The van der Waals surface area contributed by atoms with Crippen LogP contribution in [0.25, 0.3) is 0 Å². The Kier molecular flexibility index (Phi) is 6.81. The number of aliphatic carboxylic acids is 1. The smallest absolute Gasteiger partial charge is 0.548 e. The van der Waals surface area contributed by atoms with Crippen LogP contribution in [0.2, 0.25) is 0 Å². The largest absolute Gasteiger partial charge is 1.00 e. The molecule has 15 heavy (non-hydrogen) atoms. The molecule has 1 atom stereocenters. The minimum absolute atomic E-state index is 0. The van der Waals surface area contributed by atoms with Gasteiger partial charge in [0.05, 0.1) is 19.1 Å². The molecule has 5 heteroatoms. The summed E-state index contributed by atoms with van der Waals surface area (Å²) in [6.07, 6.45) is 0. The van der Waals surface area contributed by atoms with Gasteiger partial charge >= 0.3 is 51.4 Å². The van der Waals surface area contributed by atoms with Crippen molar-refractivity contribution in [3.05, 3.63) is 29.8 Å². The molecule has 0 fully saturated rings. The van der Waals surface area contributed by atoms with E-state index in [0.717, 1.165) is 0 Å². The van der Waals surface area contributed by atoms with Gasteiger partial charge in [0.15, 0.2) is 0 Å². The number of benzene rings is 1. The second-order valence-electron chi connectivity index (χ2n) is 2.65. The van der Waals surface area contributed by atoms with Crippen LogP contribution in [0.1, 0.15) is 11.5 Å². The fourth-order valence-corrected chi connectivity index (χ4v) is 1.06. The predicted octanol–water partition coefficient (Wildman–Crippen LogP) is -2.94. The molecule has 0 amide bonds. The number of nitriles is 1. The standard InChI is InChI=1S/C10H9NO3.K/c1-14-8-4-2-7(3-5-8)9(6-11)10(12)13;/h2-5,9H,1H3,(H,12,13);/q;+1/p-1. The van der Waals surface area contributed by atoms with Gasteiger partial charge < -0.3 is 14.6 Å². The van der Waals surface area contributed by atoms with Gasteiger partial charge in [-0.1, -0.05) is 12.1 Å². The quantitative estimate of drug-likeness (QED) is 0.520. The maximum absolute atomic E-state index is 10.5. The molecule has 0 aliphatic carbocycles. The van der Waals surface area contributed by atoms with Gasteiger partial charge in [-0.15, -0.1) is 0 Å². The second kappa shape index (κ2) is 6.98. The van der Waals surface area contributed by atoms with Crippen molar-refractivity contribution in [1.82, 2.24) is 0 Å². The van der Waals surface area contributed by atoms with Crippen LogP contribution < -0.4 is 61.2 Å². The Hall–Kier alpha value is -0.384. The van der Waals surface area contributed by atoms with Crippen LogP contribution in [0.3, 0.4) is 0 Å². The number of ether oxygens (including phenoxy) is 1. The minimum Gasteiger partial charge on any atom is -0.548 e. The normalized spacial score (nSPS) is 10.7. The van der Waals surface area contributed by atoms with E-state index in [0.29, 0.717) is 11.3 Å². The van der Waals surface area contributed by atoms with Crippen molar-refractivity contribution >= 4 is 5.97 Å². The first-order chi connectivity index (χ1) is 6.69. The number of methoxy groups -OCH3 is 1. The first kappa shape index (κ1) is 14.6. The fourth-order valence-electron chi connectivity index (χ4n) is 1.06. The Balaban J connectivity index is 0.00000196. The number of carbonyl (C=O) groups is 1. The van der Waals surface area contributed by atoms with Gasteiger partial charge in [0.2, 0.25) is 0 Å². The van der Waals surface area contributed by atoms with E-state index >= 15 is 0 Å². The van der Waals surface area contributed by atoms with E-state index in [1.54, 1.807) is 18.2 Å². The molecule has 0 bridgehead atoms. The molecule has 0 saturated carbocycles. The van der Waals surface area contributed by atoms with Gasteiger partial charge in [0.1, 0.15) is 11.7 Å². The Bertz CT molecular complexity index is 369. The molecular formula is C10H8KNO3. The average molecular weight is 229 g/mol. The van der Waals surface area contributed by atoms with Crippen LogP contribution in [0.5, 0.6) is 5.75 Å². The molecule has 0 N–H and O–H groups in total. The van der Waals surface area contributed by atoms with Gasteiger partial charge in [-0.3, -0.25) is 0 Å². The number of nitrogens with zero attached hydrogens (tertiary/aromatic N) is 1. The molecule has 0 radical (unpaired) electrons. The van der Waals surface area contributed by atoms with Crippen molar-refractivity contribution in [1.29, 1.82) is 5.26 Å². The molecular weight excluding hydrogens is 221 g/mol. The van der Waals surface area contributed by atoms with E-state index in [9.17, 15) is 9.90 Å². The average Bonchev–Trinajstić information content (AvgIpc) is 2.19. The van der Waals surface area contributed by atoms with E-state index in [1.807, 2.05) is 0 Å². The van der Waals surface area contributed by atoms with E-state index in [2.05, 4.69) is 0 Å². The number of rotatable bonds is 3. The Morgan fingerprint density at radius 1 is 1.47 bits per heavy atom. The van der Waals surface area contributed by atoms with Crippen LogP contribution in [-0.4, -0.2) is 13.1 Å². The Morgan fingerprint density at radius 2 is 2.00 bits per heavy atom. The zero-order valence-electron chi connectivity index (χ0n) is 8.56. The summed E-state index contributed by atoms with van der Waals surface area (Å²) < 4.78 is 4.90. The molecule has 0 heterocycles. The summed E-state index contributed by atoms with van der Waals surface area (Å²) in [6, 6.07) is 7.91. The van der Waals surface area contributed by atoms with Crippen LogP contribution in [0, 0.1) is 11.3 Å². The number of carbonyl (C=O) groups excluding carboxylic acids is 1. The van der Waals surface area contributed by atoms with Gasteiger partial charge in [0, 0.05) is 0 Å². The van der Waals surface area contributed by atoms with Crippen LogP contribution in [0.4, 0.5) is 0 Å². The number of hydrogen-bond donors (Lipinski definition) is 0. The summed E-state index contributed by atoms with van der Waals surface area (Å²) in [4.78, 5) is 10.5. The third-order valence-corrected chi connectivity index (χ3v) is 1.81. The van der Waals surface area contributed by atoms with Crippen molar-refractivity contribution in [3.63, 3.8) is 0 Å². The summed E-state index contributed by atoms with van der Waals surface area (Å²) in [6.45, 7) is 0. The summed E-state index contributed by atoms with van der Waals surface area (Å²) in [7, 11) is 1.51. The number of carboxylic acids is 1. The molecule has 0 aliphatic heterocycles. The fraction of sp³-hybridized carbons (Fsp3) is 0.200. The summed E-state index contributed by atoms with van der Waals surface area (Å²) >= 11 is 0. The summed E-state index contributed by atoms with van der Waals surface area (Å²) in [5.74, 6) is -2.00. The van der Waals surface area contributed by atoms with Gasteiger partial charge in [-0.2, -0.15) is 5.26 Å². The topological polar surface area (TPSA) is 73.1 Å². The molecule has 0 spiro atoms. The van der Waals surface area contributed by atoms with E-state index in [4.69, 9.17) is 10.00 Å². The van der Waals surface area contributed by atoms with Crippen molar-refractivity contribution in [3.8, 4) is 11.8 Å². The predicted molar refractivity (Wildman–Crippen MR) is 46.4 cm³/mol. The second-order valence-corrected chi connectivity index (χ2v) is 2.65. The Labute approximate surface area is 130 Å². The third-order valence-electron chi connectivity index (χ3n) is 1.81. The first-order valence-electron chi connectivity index (χ1n) is 3.93. The monoisotopic (exact) mass is 229 g/mol. The van der Waals surface area contributed by atoms with Crippen LogP contribution in [0.15, 0.2) is 24.3 Å². The zero-order chi connectivity index (χ0) is 10.6. The number of carboxylic acid groups (broad SMARTS) is 1. The van der Waals surface area contributed by atoms with Crippen molar-refractivity contribution in [2.24, 2.45) is 0 Å². The van der Waals surface area contributed by atoms with E-state index in [1.165, 1.54) is 19.2 Å². The molecule has 0 aliphatic rings. The summed E-state index contributed by atoms with van der Waals surface area (Å²) in [5.41, 5.74) is 0.397. The van der Waals surface area contributed by atoms with E-state index < -0.39 is 11.9 Å². The first-order valence-corrected chi connectivity index (χ1v) is 3.93. The molecule has 72 valence electrons. The van der Waals surface area contributed by atoms with Crippen molar-refractivity contribution in [2.75, 3.05) is 7.11 Å². The SMILES string of the molecule is COc1ccc(C(C#N)C(=O)[O-])cc1.[K+]. The van der Waals surface area contributed by atoms with Crippen LogP contribution in [-0.2, 0) is 4.79 Å². The Morgan fingerprint density at radius 3 is 2.33 bits per heavy atom. The maximum Gasteiger partial charge on any atom is 1.00 e. The molecule has 0 saturated heterocycles. The molecule has 1 rings (SSSR count). The molecule has 1 unspecified atom stereocenters. The molecule has 1 aromatic carbocycles. The third kappa shape index (κ3) is 3.93. The molecule has 1 aromatic rings. The maximum atomic E-state index is 10.5. The minimum atomic E-state index is -1.39. The summed E-state index contributed by atoms with van der Waals surface area (Å²) in [5, 5.41) is 19.1. The van der Waals surface area contributed by atoms with Gasteiger partial charge in [-0.05, 0) is 17.7 Å². The van der Waals surface area contributed by atoms with Crippen molar-refractivity contribution in [2.45, 2.75) is 5.92 Å². The van der Waals surface area contributed by atoms with Gasteiger partial charge in [0.25, 0.3) is 0 Å². The number of hydrogen-bond acceptors (Lipinski definition) is 4. The zero-order valence-corrected chi connectivity index (χ0v) is 11.7. The van der Waals surface area contributed by atoms with Crippen LogP contribution >= 0.6 is 0 Å². The molecule has 4 nitrogen and oxygen atoms in total. The van der Waals surface area contributed by atoms with E-state index in [-0.39, 0.29) is 51.4 Å². The molecule has 0 aromatic heterocycles.